The van der Waals surface area contributed by atoms with Crippen LogP contribution in [0.2, 0.25) is 0 Å². The molecule has 5 nitrogen and oxygen atoms in total. The van der Waals surface area contributed by atoms with Crippen molar-refractivity contribution in [3.8, 4) is 22.1 Å². The van der Waals surface area contributed by atoms with Crippen LogP contribution in [0.15, 0.2) is 53.9 Å². The number of anilines is 1. The lowest BCUT2D eigenvalue weighted by Gasteiger charge is -2.25. The van der Waals surface area contributed by atoms with Crippen LogP contribution in [0.4, 0.5) is 5.69 Å². The molecule has 1 aromatic heterocycles. The third-order valence-corrected chi connectivity index (χ3v) is 6.21. The number of rotatable bonds is 6. The molecular formula is C23H27N3O2S. The number of thiazole rings is 1. The first-order chi connectivity index (χ1) is 14.3. The molecule has 0 aliphatic carbocycles. The SMILES string of the molecule is COc1cccc(-c2nc(CN3CCCN(c4ccccc4OC)CC3)cs2)c1. The molecule has 1 aliphatic rings. The van der Waals surface area contributed by atoms with E-state index in [1.165, 1.54) is 5.69 Å². The zero-order valence-electron chi connectivity index (χ0n) is 17.0. The molecule has 0 saturated carbocycles. The van der Waals surface area contributed by atoms with Gasteiger partial charge in [0.2, 0.25) is 0 Å². The van der Waals surface area contributed by atoms with E-state index < -0.39 is 0 Å². The van der Waals surface area contributed by atoms with Crippen molar-refractivity contribution in [1.82, 2.24) is 9.88 Å². The predicted octanol–water partition coefficient (Wildman–Crippen LogP) is 4.54. The number of methoxy groups -OCH3 is 2. The Labute approximate surface area is 176 Å². The molecule has 152 valence electrons. The number of aromatic nitrogens is 1. The summed E-state index contributed by atoms with van der Waals surface area (Å²) in [5.74, 6) is 1.81. The molecule has 0 spiro atoms. The summed E-state index contributed by atoms with van der Waals surface area (Å²) in [6.07, 6.45) is 1.13. The molecule has 2 heterocycles. The van der Waals surface area contributed by atoms with Crippen LogP contribution in [-0.4, -0.2) is 50.3 Å². The molecule has 1 saturated heterocycles. The Morgan fingerprint density at radius 2 is 1.86 bits per heavy atom. The summed E-state index contributed by atoms with van der Waals surface area (Å²) in [5, 5.41) is 3.22. The zero-order chi connectivity index (χ0) is 20.1. The molecule has 1 aliphatic heterocycles. The minimum Gasteiger partial charge on any atom is -0.497 e. The van der Waals surface area contributed by atoms with E-state index in [1.54, 1.807) is 25.6 Å². The third kappa shape index (κ3) is 4.71. The van der Waals surface area contributed by atoms with E-state index in [4.69, 9.17) is 14.5 Å². The zero-order valence-corrected chi connectivity index (χ0v) is 17.8. The topological polar surface area (TPSA) is 37.8 Å². The fourth-order valence-electron chi connectivity index (χ4n) is 3.76. The Kier molecular flexibility index (Phi) is 6.32. The number of ether oxygens (including phenoxy) is 2. The quantitative estimate of drug-likeness (QED) is 0.598. The lowest BCUT2D eigenvalue weighted by Crippen LogP contribution is -2.30. The van der Waals surface area contributed by atoms with Gasteiger partial charge in [-0.05, 0) is 30.7 Å². The molecule has 0 unspecified atom stereocenters. The lowest BCUT2D eigenvalue weighted by atomic mass is 10.2. The van der Waals surface area contributed by atoms with Crippen LogP contribution in [0.5, 0.6) is 11.5 Å². The minimum absolute atomic E-state index is 0.864. The molecule has 29 heavy (non-hydrogen) atoms. The molecule has 6 heteroatoms. The van der Waals surface area contributed by atoms with Crippen molar-refractivity contribution in [3.63, 3.8) is 0 Å². The van der Waals surface area contributed by atoms with Gasteiger partial charge in [0.05, 0.1) is 25.6 Å². The Hall–Kier alpha value is -2.57. The van der Waals surface area contributed by atoms with Gasteiger partial charge in [0.15, 0.2) is 0 Å². The first-order valence-electron chi connectivity index (χ1n) is 9.96. The fourth-order valence-corrected chi connectivity index (χ4v) is 4.57. The Morgan fingerprint density at radius 3 is 2.72 bits per heavy atom. The van der Waals surface area contributed by atoms with E-state index in [1.807, 2.05) is 30.3 Å². The van der Waals surface area contributed by atoms with E-state index in [0.29, 0.717) is 0 Å². The smallest absolute Gasteiger partial charge is 0.142 e. The maximum absolute atomic E-state index is 5.55. The Balaban J connectivity index is 1.40. The number of para-hydroxylation sites is 2. The highest BCUT2D eigenvalue weighted by Gasteiger charge is 2.18. The summed E-state index contributed by atoms with van der Waals surface area (Å²) in [7, 11) is 3.44. The molecular weight excluding hydrogens is 382 g/mol. The van der Waals surface area contributed by atoms with Gasteiger partial charge >= 0.3 is 0 Å². The Bertz CT molecular complexity index is 943. The van der Waals surface area contributed by atoms with Crippen molar-refractivity contribution in [2.45, 2.75) is 13.0 Å². The van der Waals surface area contributed by atoms with Crippen LogP contribution in [0.1, 0.15) is 12.1 Å². The highest BCUT2D eigenvalue weighted by molar-refractivity contribution is 7.13. The average molecular weight is 410 g/mol. The molecule has 0 N–H and O–H groups in total. The third-order valence-electron chi connectivity index (χ3n) is 5.27. The van der Waals surface area contributed by atoms with Crippen LogP contribution in [-0.2, 0) is 6.54 Å². The van der Waals surface area contributed by atoms with E-state index in [2.05, 4.69) is 33.4 Å². The van der Waals surface area contributed by atoms with Crippen molar-refractivity contribution >= 4 is 17.0 Å². The summed E-state index contributed by atoms with van der Waals surface area (Å²) < 4.78 is 10.9. The van der Waals surface area contributed by atoms with Gasteiger partial charge in [-0.1, -0.05) is 24.3 Å². The van der Waals surface area contributed by atoms with Gasteiger partial charge in [-0.25, -0.2) is 4.98 Å². The van der Waals surface area contributed by atoms with Crippen LogP contribution < -0.4 is 14.4 Å². The van der Waals surface area contributed by atoms with Gasteiger partial charge in [-0.15, -0.1) is 11.3 Å². The molecule has 0 atom stereocenters. The molecule has 0 bridgehead atoms. The normalized spacial score (nSPS) is 15.2. The summed E-state index contributed by atoms with van der Waals surface area (Å²) in [6, 6.07) is 16.4. The first-order valence-corrected chi connectivity index (χ1v) is 10.8. The van der Waals surface area contributed by atoms with Gasteiger partial charge in [-0.3, -0.25) is 4.90 Å². The average Bonchev–Trinajstić information content (AvgIpc) is 3.12. The van der Waals surface area contributed by atoms with E-state index in [9.17, 15) is 0 Å². The Morgan fingerprint density at radius 1 is 0.966 bits per heavy atom. The number of hydrogen-bond donors (Lipinski definition) is 0. The minimum atomic E-state index is 0.864. The van der Waals surface area contributed by atoms with Crippen molar-refractivity contribution in [2.24, 2.45) is 0 Å². The predicted molar refractivity (Wildman–Crippen MR) is 119 cm³/mol. The highest BCUT2D eigenvalue weighted by Crippen LogP contribution is 2.29. The van der Waals surface area contributed by atoms with Gasteiger partial charge < -0.3 is 14.4 Å². The second-order valence-corrected chi connectivity index (χ2v) is 8.02. The second kappa shape index (κ2) is 9.29. The molecule has 4 rings (SSSR count). The molecule has 2 aromatic carbocycles. The van der Waals surface area contributed by atoms with Crippen molar-refractivity contribution in [2.75, 3.05) is 45.3 Å². The maximum atomic E-state index is 5.55. The fraction of sp³-hybridized carbons (Fsp3) is 0.348. The number of benzene rings is 2. The summed E-state index contributed by atoms with van der Waals surface area (Å²) in [6.45, 7) is 5.03. The second-order valence-electron chi connectivity index (χ2n) is 7.16. The highest BCUT2D eigenvalue weighted by atomic mass is 32.1. The van der Waals surface area contributed by atoms with Gasteiger partial charge in [0.1, 0.15) is 16.5 Å². The van der Waals surface area contributed by atoms with E-state index in [-0.39, 0.29) is 0 Å². The van der Waals surface area contributed by atoms with Crippen molar-refractivity contribution < 1.29 is 9.47 Å². The van der Waals surface area contributed by atoms with Crippen molar-refractivity contribution in [1.29, 1.82) is 0 Å². The largest absolute Gasteiger partial charge is 0.497 e. The van der Waals surface area contributed by atoms with Crippen molar-refractivity contribution in [3.05, 3.63) is 59.6 Å². The van der Waals surface area contributed by atoms with Crippen LogP contribution >= 0.6 is 11.3 Å². The standard InChI is InChI=1S/C23H27N3O2S/c1-27-20-8-5-7-18(15-20)23-24-19(17-29-23)16-25-11-6-12-26(14-13-25)21-9-3-4-10-22(21)28-2/h3-5,7-10,15,17H,6,11-14,16H2,1-2H3. The summed E-state index contributed by atoms with van der Waals surface area (Å²) in [5.41, 5.74) is 3.43. The van der Waals surface area contributed by atoms with E-state index >= 15 is 0 Å². The maximum Gasteiger partial charge on any atom is 0.142 e. The lowest BCUT2D eigenvalue weighted by molar-refractivity contribution is 0.282. The van der Waals surface area contributed by atoms with Crippen LogP contribution in [0.25, 0.3) is 10.6 Å². The first kappa shape index (κ1) is 19.7. The summed E-state index contributed by atoms with van der Waals surface area (Å²) >= 11 is 1.70. The molecule has 0 radical (unpaired) electrons. The number of hydrogen-bond acceptors (Lipinski definition) is 6. The monoisotopic (exact) mass is 409 g/mol. The molecule has 1 fully saturated rings. The van der Waals surface area contributed by atoms with Crippen LogP contribution in [0.3, 0.4) is 0 Å². The summed E-state index contributed by atoms with van der Waals surface area (Å²) in [4.78, 5) is 9.80. The molecule has 0 amide bonds. The van der Waals surface area contributed by atoms with Crippen LogP contribution in [0, 0.1) is 0 Å². The van der Waals surface area contributed by atoms with Gasteiger partial charge in [0.25, 0.3) is 0 Å². The molecule has 3 aromatic rings. The number of nitrogens with zero attached hydrogens (tertiary/aromatic N) is 3. The van der Waals surface area contributed by atoms with Gasteiger partial charge in [-0.2, -0.15) is 0 Å². The van der Waals surface area contributed by atoms with Gasteiger partial charge in [0, 0.05) is 43.7 Å². The van der Waals surface area contributed by atoms with E-state index in [0.717, 1.165) is 66.9 Å².